The van der Waals surface area contributed by atoms with Crippen molar-refractivity contribution in [3.63, 3.8) is 0 Å². The minimum absolute atomic E-state index is 0. The molecule has 1 saturated carbocycles. The van der Waals surface area contributed by atoms with Crippen molar-refractivity contribution in [2.75, 3.05) is 6.79 Å². The molecule has 1 heterocycles. The number of carbonyl (C=O) groups is 1. The summed E-state index contributed by atoms with van der Waals surface area (Å²) in [5, 5.41) is 0. The van der Waals surface area contributed by atoms with E-state index in [4.69, 9.17) is 9.47 Å². The Morgan fingerprint density at radius 3 is 2.40 bits per heavy atom. The molecule has 0 aromatic heterocycles. The first kappa shape index (κ1) is 23.6. The Hall–Kier alpha value is -3.16. The van der Waals surface area contributed by atoms with E-state index < -0.39 is 15.4 Å². The van der Waals surface area contributed by atoms with E-state index >= 15 is 0 Å². The Kier molecular flexibility index (Phi) is 5.93. The molecule has 0 amide bonds. The van der Waals surface area contributed by atoms with Crippen LogP contribution in [0.3, 0.4) is 0 Å². The second-order valence-corrected chi connectivity index (χ2v) is 11.4. The van der Waals surface area contributed by atoms with Crippen LogP contribution in [0, 0.1) is 6.92 Å². The van der Waals surface area contributed by atoms with Gasteiger partial charge >= 0.3 is 0 Å². The zero-order valence-corrected chi connectivity index (χ0v) is 20.9. The van der Waals surface area contributed by atoms with Crippen LogP contribution in [-0.2, 0) is 26.7 Å². The van der Waals surface area contributed by atoms with Crippen LogP contribution < -0.4 is 14.2 Å². The Labute approximate surface area is 207 Å². The summed E-state index contributed by atoms with van der Waals surface area (Å²) in [5.74, 6) is 1.62. The molecule has 0 atom stereocenters. The first-order valence-corrected chi connectivity index (χ1v) is 13.3. The van der Waals surface area contributed by atoms with Crippen LogP contribution in [-0.4, -0.2) is 27.0 Å². The third kappa shape index (κ3) is 4.58. The monoisotopic (exact) mass is 493 g/mol. The summed E-state index contributed by atoms with van der Waals surface area (Å²) in [6.45, 7) is 5.81. The maximum atomic E-state index is 13.4. The first-order chi connectivity index (χ1) is 16.7. The van der Waals surface area contributed by atoms with Crippen molar-refractivity contribution >= 4 is 15.8 Å². The molecule has 0 spiro atoms. The molecule has 7 heteroatoms. The molecule has 0 bridgehead atoms. The number of fused-ring (bicyclic) bond motifs is 1. The first-order valence-electron chi connectivity index (χ1n) is 11.8. The third-order valence-corrected chi connectivity index (χ3v) is 8.42. The highest BCUT2D eigenvalue weighted by Gasteiger charge is 2.50. The topological polar surface area (TPSA) is 81.7 Å². The van der Waals surface area contributed by atoms with Crippen molar-refractivity contribution in [3.05, 3.63) is 77.4 Å². The summed E-state index contributed by atoms with van der Waals surface area (Å²) in [6, 6.07) is 18.6. The molecule has 3 aromatic carbocycles. The van der Waals surface area contributed by atoms with E-state index in [0.717, 1.165) is 46.4 Å². The average molecular weight is 494 g/mol. The summed E-state index contributed by atoms with van der Waals surface area (Å²) in [6.07, 6.45) is 2.02. The van der Waals surface area contributed by atoms with Crippen molar-refractivity contribution in [3.8, 4) is 22.6 Å². The number of ketones is 1. The third-order valence-electron chi connectivity index (χ3n) is 6.74. The molecule has 1 fully saturated rings. The number of aryl methyl sites for hydroxylation is 1. The smallest absolute Gasteiger partial charge is 0.240 e. The van der Waals surface area contributed by atoms with E-state index in [1.165, 1.54) is 0 Å². The van der Waals surface area contributed by atoms with Gasteiger partial charge in [0.15, 0.2) is 11.5 Å². The van der Waals surface area contributed by atoms with Crippen LogP contribution in [0.5, 0.6) is 11.5 Å². The average Bonchev–Trinajstić information content (AvgIpc) is 3.50. The lowest BCUT2D eigenvalue weighted by molar-refractivity contribution is -0.120. The van der Waals surface area contributed by atoms with Gasteiger partial charge in [0, 0.05) is 13.9 Å². The molecular weight excluding hydrogens is 462 g/mol. The van der Waals surface area contributed by atoms with Gasteiger partial charge in [-0.05, 0) is 85.7 Å². The van der Waals surface area contributed by atoms with Crippen molar-refractivity contribution < 1.29 is 24.1 Å². The summed E-state index contributed by atoms with van der Waals surface area (Å²) in [7, 11) is -3.54. The van der Waals surface area contributed by atoms with E-state index in [1.54, 1.807) is 26.0 Å². The van der Waals surface area contributed by atoms with Gasteiger partial charge in [-0.2, -0.15) is 0 Å². The Morgan fingerprint density at radius 1 is 1.00 bits per heavy atom. The Balaban J connectivity index is 0.00000304. The van der Waals surface area contributed by atoms with Gasteiger partial charge in [0.05, 0.1) is 10.3 Å². The van der Waals surface area contributed by atoms with Crippen LogP contribution in [0.25, 0.3) is 11.1 Å². The fourth-order valence-electron chi connectivity index (χ4n) is 4.68. The molecule has 0 radical (unpaired) electrons. The number of Topliss-reactive ketones (excluding diaryl/α,β-unsaturated/α-hetero) is 1. The molecule has 0 saturated heterocycles. The summed E-state index contributed by atoms with van der Waals surface area (Å²) in [5.41, 5.74) is 4.45. The van der Waals surface area contributed by atoms with Gasteiger partial charge in [-0.3, -0.25) is 4.79 Å². The van der Waals surface area contributed by atoms with Crippen LogP contribution in [0.1, 0.15) is 44.8 Å². The molecule has 3 aromatic rings. The van der Waals surface area contributed by atoms with Crippen LogP contribution in [0.2, 0.25) is 0 Å². The van der Waals surface area contributed by atoms with E-state index in [2.05, 4.69) is 4.72 Å². The van der Waals surface area contributed by atoms with Crippen molar-refractivity contribution in [2.45, 2.75) is 56.4 Å². The summed E-state index contributed by atoms with van der Waals surface area (Å²) >= 11 is 0. The number of sulfonamides is 1. The number of benzene rings is 3. The maximum absolute atomic E-state index is 13.4. The highest BCUT2D eigenvalue weighted by molar-refractivity contribution is 7.89. The van der Waals surface area contributed by atoms with Gasteiger partial charge in [0.2, 0.25) is 16.8 Å². The molecule has 1 aliphatic carbocycles. The zero-order chi connectivity index (χ0) is 24.8. The standard InChI is InChI=1S/C28H29NO5S.H2/c1-18(2)29-35(31,32)23-9-6-21(7-10-23)24-14-20(5-4-19(24)3)15-27(30)28(12-13-28)22-8-11-25-26(16-22)34-17-33-25;/h4-11,14,16,18,29H,12-13,15,17H2,1-3H3;1H. The quantitative estimate of drug-likeness (QED) is 0.468. The number of hydrogen-bond donors (Lipinski definition) is 1. The Morgan fingerprint density at radius 2 is 1.71 bits per heavy atom. The van der Waals surface area contributed by atoms with Crippen LogP contribution >= 0.6 is 0 Å². The summed E-state index contributed by atoms with van der Waals surface area (Å²) in [4.78, 5) is 13.7. The van der Waals surface area contributed by atoms with Gasteiger partial charge in [0.25, 0.3) is 0 Å². The molecule has 2 aliphatic rings. The number of ether oxygens (including phenoxy) is 2. The SMILES string of the molecule is Cc1ccc(CC(=O)C2(c3ccc4c(c3)OCO4)CC2)cc1-c1ccc(S(=O)(=O)NC(C)C)cc1.[HH]. The van der Waals surface area contributed by atoms with E-state index in [-0.39, 0.29) is 24.9 Å². The fraction of sp³-hybridized carbons (Fsp3) is 0.321. The van der Waals surface area contributed by atoms with Gasteiger partial charge < -0.3 is 9.47 Å². The van der Waals surface area contributed by atoms with Gasteiger partial charge in [0.1, 0.15) is 5.78 Å². The normalized spacial score (nSPS) is 15.9. The molecule has 35 heavy (non-hydrogen) atoms. The highest BCUT2D eigenvalue weighted by atomic mass is 32.2. The number of nitrogens with one attached hydrogen (secondary N) is 1. The lowest BCUT2D eigenvalue weighted by Gasteiger charge is -2.16. The number of rotatable bonds is 8. The van der Waals surface area contributed by atoms with Crippen LogP contribution in [0.4, 0.5) is 0 Å². The highest BCUT2D eigenvalue weighted by Crippen LogP contribution is 2.51. The predicted molar refractivity (Wildman–Crippen MR) is 136 cm³/mol. The molecule has 1 N–H and O–H groups in total. The summed E-state index contributed by atoms with van der Waals surface area (Å²) < 4.78 is 38.4. The lowest BCUT2D eigenvalue weighted by Crippen LogP contribution is -2.30. The van der Waals surface area contributed by atoms with Crippen molar-refractivity contribution in [1.82, 2.24) is 4.72 Å². The van der Waals surface area contributed by atoms with Gasteiger partial charge in [-0.25, -0.2) is 13.1 Å². The second kappa shape index (κ2) is 8.81. The van der Waals surface area contributed by atoms with E-state index in [0.29, 0.717) is 12.2 Å². The molecule has 1 aliphatic heterocycles. The van der Waals surface area contributed by atoms with E-state index in [9.17, 15) is 13.2 Å². The molecule has 6 nitrogen and oxygen atoms in total. The predicted octanol–water partition coefficient (Wildman–Crippen LogP) is 5.17. The Bertz CT molecular complexity index is 1400. The van der Waals surface area contributed by atoms with E-state index in [1.807, 2.05) is 55.5 Å². The van der Waals surface area contributed by atoms with Crippen molar-refractivity contribution in [2.24, 2.45) is 0 Å². The fourth-order valence-corrected chi connectivity index (χ4v) is 5.94. The zero-order valence-electron chi connectivity index (χ0n) is 20.1. The molecule has 0 unspecified atom stereocenters. The maximum Gasteiger partial charge on any atom is 0.240 e. The number of carbonyl (C=O) groups excluding carboxylic acids is 1. The lowest BCUT2D eigenvalue weighted by atomic mass is 9.87. The molecular formula is C28H31NO5S. The number of hydrogen-bond acceptors (Lipinski definition) is 5. The minimum atomic E-state index is -3.54. The molecule has 184 valence electrons. The largest absolute Gasteiger partial charge is 0.454 e. The molecule has 5 rings (SSSR count). The van der Waals surface area contributed by atoms with Crippen LogP contribution in [0.15, 0.2) is 65.6 Å². The van der Waals surface area contributed by atoms with Gasteiger partial charge in [-0.15, -0.1) is 0 Å². The van der Waals surface area contributed by atoms with Crippen molar-refractivity contribution in [1.29, 1.82) is 0 Å². The second-order valence-electron chi connectivity index (χ2n) is 9.70. The van der Waals surface area contributed by atoms with Gasteiger partial charge in [-0.1, -0.05) is 36.4 Å². The minimum Gasteiger partial charge on any atom is -0.454 e.